The third-order valence-corrected chi connectivity index (χ3v) is 6.67. The molecule has 3 fully saturated rings. The minimum atomic E-state index is -4.44. The predicted molar refractivity (Wildman–Crippen MR) is 107 cm³/mol. The van der Waals surface area contributed by atoms with E-state index in [4.69, 9.17) is 0 Å². The maximum absolute atomic E-state index is 12.8. The Labute approximate surface area is 173 Å². The number of hydrogen-bond donors (Lipinski definition) is 1. The Morgan fingerprint density at radius 1 is 1.13 bits per heavy atom. The van der Waals surface area contributed by atoms with Gasteiger partial charge in [0.25, 0.3) is 0 Å². The van der Waals surface area contributed by atoms with E-state index in [1.807, 2.05) is 17.0 Å². The van der Waals surface area contributed by atoms with Gasteiger partial charge in [0.2, 0.25) is 5.91 Å². The van der Waals surface area contributed by atoms with E-state index in [-0.39, 0.29) is 17.4 Å². The van der Waals surface area contributed by atoms with Crippen LogP contribution in [0.3, 0.4) is 0 Å². The second-order valence-corrected chi connectivity index (χ2v) is 8.96. The van der Waals surface area contributed by atoms with Crippen molar-refractivity contribution in [1.29, 1.82) is 0 Å². The van der Waals surface area contributed by atoms with Crippen molar-refractivity contribution in [2.24, 2.45) is 5.41 Å². The summed E-state index contributed by atoms with van der Waals surface area (Å²) in [6.07, 6.45) is 1.76. The lowest BCUT2D eigenvalue weighted by Gasteiger charge is -2.19. The van der Waals surface area contributed by atoms with Crippen molar-refractivity contribution in [2.75, 3.05) is 18.0 Å². The smallest absolute Gasteiger partial charge is 0.368 e. The highest BCUT2D eigenvalue weighted by atomic mass is 19.4. The van der Waals surface area contributed by atoms with Gasteiger partial charge in [-0.3, -0.25) is 4.79 Å². The number of alkyl halides is 3. The molecule has 0 unspecified atom stereocenters. The molecule has 7 heteroatoms. The van der Waals surface area contributed by atoms with Gasteiger partial charge in [-0.2, -0.15) is 13.2 Å². The van der Waals surface area contributed by atoms with E-state index >= 15 is 0 Å². The van der Waals surface area contributed by atoms with Crippen molar-refractivity contribution in [3.8, 4) is 0 Å². The molecule has 1 atom stereocenters. The van der Waals surface area contributed by atoms with Gasteiger partial charge in [0, 0.05) is 18.5 Å². The zero-order valence-corrected chi connectivity index (χ0v) is 16.6. The Balaban J connectivity index is 1.21. The molecule has 30 heavy (non-hydrogen) atoms. The Hall–Kier alpha value is -2.57. The first-order valence-corrected chi connectivity index (χ1v) is 10.5. The molecule has 4 nitrogen and oxygen atoms in total. The summed E-state index contributed by atoms with van der Waals surface area (Å²) >= 11 is 0. The summed E-state index contributed by atoms with van der Waals surface area (Å²) in [5.74, 6) is 0.699. The molecule has 1 aromatic heterocycles. The van der Waals surface area contributed by atoms with Crippen molar-refractivity contribution in [3.05, 3.63) is 59.4 Å². The van der Waals surface area contributed by atoms with Crippen LogP contribution in [0.1, 0.15) is 48.4 Å². The van der Waals surface area contributed by atoms with Crippen molar-refractivity contribution >= 4 is 11.6 Å². The Morgan fingerprint density at radius 3 is 2.43 bits per heavy atom. The largest absolute Gasteiger partial charge is 0.433 e. The third-order valence-electron chi connectivity index (χ3n) is 6.67. The molecule has 1 aliphatic heterocycles. The van der Waals surface area contributed by atoms with Crippen LogP contribution in [-0.4, -0.2) is 30.0 Å². The normalized spacial score (nSPS) is 22.4. The molecule has 1 N–H and O–H groups in total. The van der Waals surface area contributed by atoms with Crippen molar-refractivity contribution in [3.63, 3.8) is 0 Å². The number of hydrogen-bond acceptors (Lipinski definition) is 3. The highest BCUT2D eigenvalue weighted by molar-refractivity contribution is 5.79. The molecule has 2 heterocycles. The van der Waals surface area contributed by atoms with Gasteiger partial charge in [-0.05, 0) is 54.9 Å². The minimum Gasteiger partial charge on any atom is -0.368 e. The van der Waals surface area contributed by atoms with Gasteiger partial charge in [-0.25, -0.2) is 4.98 Å². The van der Waals surface area contributed by atoms with E-state index in [1.54, 1.807) is 0 Å². The number of halogens is 3. The van der Waals surface area contributed by atoms with Crippen molar-refractivity contribution in [2.45, 2.75) is 50.2 Å². The van der Waals surface area contributed by atoms with Crippen LogP contribution in [0.2, 0.25) is 0 Å². The van der Waals surface area contributed by atoms with E-state index in [9.17, 15) is 18.0 Å². The molecule has 2 aliphatic carbocycles. The molecule has 1 saturated heterocycles. The minimum absolute atomic E-state index is 0.00200. The molecule has 0 bridgehead atoms. The van der Waals surface area contributed by atoms with Crippen LogP contribution in [0.25, 0.3) is 0 Å². The molecule has 158 valence electrons. The third kappa shape index (κ3) is 3.89. The zero-order chi connectivity index (χ0) is 20.9. The van der Waals surface area contributed by atoms with Crippen molar-refractivity contribution in [1.82, 2.24) is 10.3 Å². The van der Waals surface area contributed by atoms with Crippen LogP contribution >= 0.6 is 0 Å². The first-order chi connectivity index (χ1) is 14.3. The molecule has 5 rings (SSSR count). The summed E-state index contributed by atoms with van der Waals surface area (Å²) in [4.78, 5) is 18.3. The van der Waals surface area contributed by atoms with Crippen molar-refractivity contribution < 1.29 is 18.0 Å². The Morgan fingerprint density at radius 2 is 1.87 bits per heavy atom. The maximum atomic E-state index is 12.8. The number of nitrogens with one attached hydrogen (secondary N) is 1. The number of carbonyl (C=O) groups is 1. The number of anilines is 1. The number of aromatic nitrogens is 1. The van der Waals surface area contributed by atoms with Gasteiger partial charge >= 0.3 is 6.18 Å². The number of pyridine rings is 1. The SMILES string of the molecule is O=C(Cc1ccc(C2CC2)cc1)N[C@H]1CN(c2ccc(C(F)(F)F)nc2)CC12CC2. The second kappa shape index (κ2) is 7.00. The van der Waals surface area contributed by atoms with Gasteiger partial charge in [0.05, 0.1) is 24.3 Å². The van der Waals surface area contributed by atoms with Crippen LogP contribution in [-0.2, 0) is 17.4 Å². The fourth-order valence-corrected chi connectivity index (χ4v) is 4.53. The Bertz CT molecular complexity index is 932. The molecule has 0 radical (unpaired) electrons. The second-order valence-electron chi connectivity index (χ2n) is 8.96. The molecule has 2 aromatic rings. The average Bonchev–Trinajstić information content (AvgIpc) is 3.62. The number of carbonyl (C=O) groups excluding carboxylic acids is 1. The maximum Gasteiger partial charge on any atom is 0.433 e. The van der Waals surface area contributed by atoms with Gasteiger partial charge in [-0.15, -0.1) is 0 Å². The van der Waals surface area contributed by atoms with Crippen LogP contribution in [0.15, 0.2) is 42.6 Å². The molecule has 1 spiro atoms. The molecular weight excluding hydrogens is 391 g/mol. The van der Waals surface area contributed by atoms with Crippen LogP contribution in [0.5, 0.6) is 0 Å². The fraction of sp³-hybridized carbons (Fsp3) is 0.478. The lowest BCUT2D eigenvalue weighted by atomic mass is 10.00. The van der Waals surface area contributed by atoms with Gasteiger partial charge < -0.3 is 10.2 Å². The number of rotatable bonds is 5. The van der Waals surface area contributed by atoms with E-state index in [2.05, 4.69) is 22.4 Å². The van der Waals surface area contributed by atoms with E-state index in [0.29, 0.717) is 24.6 Å². The quantitative estimate of drug-likeness (QED) is 0.792. The van der Waals surface area contributed by atoms with Gasteiger partial charge in [-0.1, -0.05) is 24.3 Å². The first-order valence-electron chi connectivity index (χ1n) is 10.5. The van der Waals surface area contributed by atoms with E-state index in [0.717, 1.165) is 31.0 Å². The standard InChI is InChI=1S/C23H24F3N3O/c24-23(25,26)19-8-7-18(12-27-19)29-13-20(22(14-29)9-10-22)28-21(30)11-15-1-3-16(4-2-15)17-5-6-17/h1-4,7-8,12,17,20H,5-6,9-11,13-14H2,(H,28,30)/t20-/m0/s1. The highest BCUT2D eigenvalue weighted by Crippen LogP contribution is 2.53. The van der Waals surface area contributed by atoms with E-state index < -0.39 is 11.9 Å². The summed E-state index contributed by atoms with van der Waals surface area (Å²) in [6, 6.07) is 10.8. The monoisotopic (exact) mass is 415 g/mol. The average molecular weight is 415 g/mol. The zero-order valence-electron chi connectivity index (χ0n) is 16.6. The highest BCUT2D eigenvalue weighted by Gasteiger charge is 2.55. The fourth-order valence-electron chi connectivity index (χ4n) is 4.53. The van der Waals surface area contributed by atoms with Crippen LogP contribution in [0, 0.1) is 5.41 Å². The summed E-state index contributed by atoms with van der Waals surface area (Å²) in [6.45, 7) is 1.33. The molecular formula is C23H24F3N3O. The summed E-state index contributed by atoms with van der Waals surface area (Å²) in [7, 11) is 0. The first kappa shape index (κ1) is 19.4. The summed E-state index contributed by atoms with van der Waals surface area (Å²) < 4.78 is 38.3. The van der Waals surface area contributed by atoms with Gasteiger partial charge in [0.1, 0.15) is 5.69 Å². The van der Waals surface area contributed by atoms with E-state index in [1.165, 1.54) is 30.7 Å². The van der Waals surface area contributed by atoms with Crippen LogP contribution < -0.4 is 10.2 Å². The summed E-state index contributed by atoms with van der Waals surface area (Å²) in [5.41, 5.74) is 2.18. The van der Waals surface area contributed by atoms with Crippen LogP contribution in [0.4, 0.5) is 18.9 Å². The number of amides is 1. The molecule has 2 saturated carbocycles. The predicted octanol–water partition coefficient (Wildman–Crippen LogP) is 4.31. The Kier molecular flexibility index (Phi) is 4.52. The topological polar surface area (TPSA) is 45.2 Å². The lowest BCUT2D eigenvalue weighted by molar-refractivity contribution is -0.141. The number of benzene rings is 1. The molecule has 1 amide bonds. The lowest BCUT2D eigenvalue weighted by Crippen LogP contribution is -2.42. The van der Waals surface area contributed by atoms with Gasteiger partial charge in [0.15, 0.2) is 0 Å². The summed E-state index contributed by atoms with van der Waals surface area (Å²) in [5, 5.41) is 3.18. The number of nitrogens with zero attached hydrogens (tertiary/aromatic N) is 2. The molecule has 3 aliphatic rings. The molecule has 1 aromatic carbocycles.